The van der Waals surface area contributed by atoms with E-state index in [0.29, 0.717) is 111 Å². The van der Waals surface area contributed by atoms with E-state index in [4.69, 9.17) is 11.2 Å². The first-order valence-electron chi connectivity index (χ1n) is 63.4. The summed E-state index contributed by atoms with van der Waals surface area (Å²) in [6, 6.07) is -0.351. The number of allylic oxidation sites excluding steroid dienone is 8. The van der Waals surface area contributed by atoms with Crippen LogP contribution in [0.1, 0.15) is 493 Å². The molecule has 0 aromatic heterocycles. The first kappa shape index (κ1) is 108. The first-order chi connectivity index (χ1) is 68.3. The standard InChI is InChI=1S/C134H219N5O5/c1-23-24-25-30-85(2)105-46-55-114-104-45-40-95-81-121(144)120(82-134(95,22)119(104)64-76-133(105,114)21)137(122(7,8)65-27-32-87(4)107-48-52-111-101-42-37-92-78-97(141)57-69-126(92,14)116(101)61-73-130(107,111)18)139(124(11,12)67-29-34-89(6)109-50-54-113-103-44-39-94-80-99(143)59-71-128(94,16)118(103)63-75-132(109,113)20)138(123(9,10)66-28-33-88(5)108-49-53-112-102-43-38-93-79-98(142)58-70-127(93,15)117(102)62-74-131(108,112)19)136-84-90(83-135)35-26-31-86(3)106-47-51-110-100-41-36-91-77-96(140)56-68-125(91,13)115(100)60-72-129(106,110)17/h36-39,42,78,81,85-90,96,98-120,136,140,142-143H,23-35,40-41,43-77,79-80,82-84,135H2,1-22H3/t85-,86-,87-,88-,89-,90?,96?,98?,99?,100?,101?,102?,103?,104+,105-,106-,107-,108-,109-,110?,111?,112?,113?,114+,115?,116?,117?,118?,119+,120?,125+,126+,127+,128+,129-,130-,131-,132-,133-,134+/m1/s1. The van der Waals surface area contributed by atoms with Crippen LogP contribution in [0.25, 0.3) is 0 Å². The van der Waals surface area contributed by atoms with E-state index in [1.54, 1.807) is 16.7 Å². The minimum atomic E-state index is -0.445. The summed E-state index contributed by atoms with van der Waals surface area (Å²) in [4.78, 5) is 30.4. The molecule has 14 fully saturated rings. The molecule has 6 N–H and O–H groups in total. The summed E-state index contributed by atoms with van der Waals surface area (Å²) in [7, 11) is 0. The lowest BCUT2D eigenvalue weighted by atomic mass is 9.46. The lowest BCUT2D eigenvalue weighted by molar-refractivity contribution is -0.332. The summed E-state index contributed by atoms with van der Waals surface area (Å²) in [6.07, 6.45) is 80.7. The van der Waals surface area contributed by atoms with Gasteiger partial charge in [-0.25, -0.2) is 10.4 Å². The lowest BCUT2D eigenvalue weighted by Crippen LogP contribution is -2.77. The van der Waals surface area contributed by atoms with Gasteiger partial charge in [0.1, 0.15) is 0 Å². The number of nitrogens with two attached hydrogens (primary N) is 1. The van der Waals surface area contributed by atoms with E-state index in [1.165, 1.54) is 223 Å². The van der Waals surface area contributed by atoms with Gasteiger partial charge in [0.25, 0.3) is 0 Å². The molecular formula is C134H219N5O5. The molecule has 14 saturated carbocycles. The minimum absolute atomic E-state index is 0.0991. The third-order valence-electron chi connectivity index (χ3n) is 53.7. The molecule has 0 amide bonds. The lowest BCUT2D eigenvalue weighted by Gasteiger charge is -2.63. The van der Waals surface area contributed by atoms with Crippen LogP contribution in [0, 0.1) is 208 Å². The van der Waals surface area contributed by atoms with Crippen LogP contribution in [0.2, 0.25) is 0 Å². The van der Waals surface area contributed by atoms with Crippen LogP contribution in [0.4, 0.5) is 0 Å². The molecule has 0 bridgehead atoms. The third-order valence-corrected chi connectivity index (χ3v) is 53.7. The van der Waals surface area contributed by atoms with Crippen molar-refractivity contribution in [1.82, 2.24) is 20.7 Å². The van der Waals surface area contributed by atoms with Gasteiger partial charge in [0.15, 0.2) is 11.6 Å². The summed E-state index contributed by atoms with van der Waals surface area (Å²) in [6.45, 7) is 60.6. The third kappa shape index (κ3) is 18.6. The maximum Gasteiger partial charge on any atom is 0.174 e. The maximum absolute atomic E-state index is 17.3. The van der Waals surface area contributed by atoms with Crippen molar-refractivity contribution in [2.45, 2.75) is 534 Å². The number of carbonyl (C=O) groups is 2. The van der Waals surface area contributed by atoms with Crippen molar-refractivity contribution in [2.24, 2.45) is 214 Å². The maximum atomic E-state index is 17.3. The molecule has 0 aromatic rings. The highest BCUT2D eigenvalue weighted by Gasteiger charge is 2.68. The molecule has 20 aliphatic carbocycles. The molecule has 0 aliphatic heterocycles. The highest BCUT2D eigenvalue weighted by molar-refractivity contribution is 5.96. The fourth-order valence-corrected chi connectivity index (χ4v) is 45.5. The fraction of sp³-hybridized carbons (Fsp3) is 0.896. The Morgan fingerprint density at radius 2 is 0.778 bits per heavy atom. The Labute approximate surface area is 882 Å². The molecule has 0 heterocycles. The van der Waals surface area contributed by atoms with E-state index in [1.807, 2.05) is 6.08 Å². The van der Waals surface area contributed by atoms with E-state index in [2.05, 4.69) is 204 Å². The van der Waals surface area contributed by atoms with Gasteiger partial charge in [0, 0.05) is 29.6 Å². The topological polar surface area (TPSA) is 143 Å². The molecule has 10 nitrogen and oxygen atoms in total. The molecule has 0 spiro atoms. The Kier molecular flexibility index (Phi) is 30.8. The van der Waals surface area contributed by atoms with Gasteiger partial charge in [-0.15, -0.1) is 0 Å². The zero-order chi connectivity index (χ0) is 102. The van der Waals surface area contributed by atoms with Crippen molar-refractivity contribution in [3.05, 3.63) is 70.4 Å². The van der Waals surface area contributed by atoms with Crippen molar-refractivity contribution in [3.8, 4) is 0 Å². The van der Waals surface area contributed by atoms with Crippen molar-refractivity contribution in [1.29, 1.82) is 0 Å². The summed E-state index contributed by atoms with van der Waals surface area (Å²) in [5.74, 6) is 18.6. The van der Waals surface area contributed by atoms with Crippen molar-refractivity contribution in [3.63, 3.8) is 0 Å². The Hall–Kier alpha value is -2.54. The van der Waals surface area contributed by atoms with E-state index in [0.717, 1.165) is 211 Å². The quantitative estimate of drug-likeness (QED) is 0.0236. The van der Waals surface area contributed by atoms with Crippen molar-refractivity contribution in [2.75, 3.05) is 13.1 Å². The van der Waals surface area contributed by atoms with Gasteiger partial charge in [-0.2, -0.15) is 10.2 Å². The normalized spacial score (nSPS) is 46.0. The number of hydrazine groups is 3. The Morgan fingerprint density at radius 1 is 0.389 bits per heavy atom. The van der Waals surface area contributed by atoms with Crippen molar-refractivity contribution >= 4 is 11.6 Å². The molecule has 810 valence electrons. The average Bonchev–Trinajstić information content (AvgIpc) is 1.64. The summed E-state index contributed by atoms with van der Waals surface area (Å²) in [5.41, 5.74) is 21.0. The number of carbonyl (C=O) groups excluding carboxylic acids is 2. The summed E-state index contributed by atoms with van der Waals surface area (Å²) in [5, 5.41) is 41.9. The zero-order valence-electron chi connectivity index (χ0n) is 96.8. The number of aliphatic hydroxyl groups is 3. The number of unbranched alkanes of at least 4 members (excludes halogenated alkanes) is 2. The van der Waals surface area contributed by atoms with Crippen LogP contribution in [-0.4, -0.2) is 96.2 Å². The SMILES string of the molecule is CCCCC[C@@H](C)[C@H]1CC[C@H]2[C@@H]3CCC4=CC(=O)C(N(N(N(NCC(CN)CCC[C@@H](C)[C@H]5CCC6C7CC=C8CC(O)CC[C@]8(C)C7CC[C@@]65C)C(C)(C)CCC[C@@H](C)[C@H]5CCC6C7CC=C8CC(O)CC[C@]8(C)C7CC[C@@]65C)C(C)(C)CCC[C@@H](C)[C@H]5CCC6C7CC=C8CC(O)CC[C@]8(C)C7CC[C@@]65C)C(C)(C)CCC[C@@H](C)[C@H]5CCC6C7C=CC8=CC(=O)CC[C@]8(C)C7CC[C@@]65C)C[C@]4(C)[C@H]3CC[C@]12C. The highest BCUT2D eigenvalue weighted by Crippen LogP contribution is 2.75. The van der Waals surface area contributed by atoms with Gasteiger partial charge >= 0.3 is 0 Å². The summed E-state index contributed by atoms with van der Waals surface area (Å²) < 4.78 is 0. The van der Waals surface area contributed by atoms with Crippen LogP contribution in [0.15, 0.2) is 70.4 Å². The first-order valence-corrected chi connectivity index (χ1v) is 63.4. The number of hydrogen-bond acceptors (Lipinski definition) is 10. The highest BCUT2D eigenvalue weighted by atomic mass is 16.3. The number of fused-ring (bicyclic) bond motifs is 25. The molecule has 20 aliphatic rings. The van der Waals surface area contributed by atoms with Crippen LogP contribution in [-0.2, 0) is 9.59 Å². The van der Waals surface area contributed by atoms with Gasteiger partial charge in [0.05, 0.1) is 24.4 Å². The Bertz CT molecular complexity index is 4750. The van der Waals surface area contributed by atoms with E-state index < -0.39 is 16.6 Å². The number of aliphatic hydroxyl groups excluding tert-OH is 3. The molecule has 40 atom stereocenters. The fourth-order valence-electron chi connectivity index (χ4n) is 45.5. The van der Waals surface area contributed by atoms with Crippen LogP contribution in [0.3, 0.4) is 0 Å². The molecule has 0 aromatic carbocycles. The van der Waals surface area contributed by atoms with Gasteiger partial charge in [-0.05, 0) is 531 Å². The number of ketones is 2. The number of rotatable bonds is 35. The van der Waals surface area contributed by atoms with E-state index in [9.17, 15) is 20.1 Å². The molecule has 17 unspecified atom stereocenters. The average molecular weight is 1980 g/mol. The molecule has 20 rings (SSSR count). The van der Waals surface area contributed by atoms with Crippen LogP contribution < -0.4 is 11.2 Å². The predicted octanol–water partition coefficient (Wildman–Crippen LogP) is 32.5. The molecule has 144 heavy (non-hydrogen) atoms. The number of nitrogens with one attached hydrogen (secondary N) is 1. The second-order valence-corrected chi connectivity index (χ2v) is 61.7. The minimum Gasteiger partial charge on any atom is -0.393 e. The van der Waals surface area contributed by atoms with Gasteiger partial charge in [0.2, 0.25) is 0 Å². The second kappa shape index (κ2) is 40.9. The van der Waals surface area contributed by atoms with E-state index >= 15 is 4.79 Å². The van der Waals surface area contributed by atoms with Gasteiger partial charge in [-0.1, -0.05) is 241 Å². The number of nitrogens with zero attached hydrogens (tertiary/aromatic N) is 3. The number of hydrogen-bond donors (Lipinski definition) is 5. The van der Waals surface area contributed by atoms with Gasteiger partial charge in [-0.3, -0.25) is 9.59 Å². The molecule has 10 heteroatoms. The molecule has 0 radical (unpaired) electrons. The summed E-state index contributed by atoms with van der Waals surface area (Å²) >= 11 is 0. The van der Waals surface area contributed by atoms with Crippen LogP contribution in [0.5, 0.6) is 0 Å². The Morgan fingerprint density at radius 3 is 1.22 bits per heavy atom. The van der Waals surface area contributed by atoms with Crippen molar-refractivity contribution < 1.29 is 24.9 Å². The van der Waals surface area contributed by atoms with Crippen LogP contribution >= 0.6 is 0 Å². The Balaban J connectivity index is 0.638. The predicted molar refractivity (Wildman–Crippen MR) is 597 cm³/mol. The largest absolute Gasteiger partial charge is 0.393 e. The molecule has 0 saturated heterocycles. The monoisotopic (exact) mass is 1980 g/mol. The van der Waals surface area contributed by atoms with E-state index in [-0.39, 0.29) is 62.8 Å². The zero-order valence-corrected chi connectivity index (χ0v) is 96.8. The smallest absolute Gasteiger partial charge is 0.174 e. The van der Waals surface area contributed by atoms with Gasteiger partial charge < -0.3 is 21.1 Å². The second-order valence-electron chi connectivity index (χ2n) is 61.7. The molecular weight excluding hydrogens is 1760 g/mol.